The summed E-state index contributed by atoms with van der Waals surface area (Å²) < 4.78 is 26.8. The van der Waals surface area contributed by atoms with Crippen molar-refractivity contribution in [1.82, 2.24) is 15.1 Å². The molecule has 2 aliphatic rings. The summed E-state index contributed by atoms with van der Waals surface area (Å²) in [6.07, 6.45) is 0.752. The molecule has 1 N–H and O–H groups in total. The Kier molecular flexibility index (Phi) is 5.42. The first-order valence-corrected chi connectivity index (χ1v) is 9.75. The Bertz CT molecular complexity index is 811. The number of benzene rings is 2. The Hall–Kier alpha value is -2.31. The molecule has 4 nitrogen and oxygen atoms in total. The maximum Gasteiger partial charge on any atom is 0.231 e. The van der Waals surface area contributed by atoms with E-state index in [-0.39, 0.29) is 11.3 Å². The van der Waals surface area contributed by atoms with Crippen LogP contribution in [0.5, 0.6) is 0 Å². The van der Waals surface area contributed by atoms with Crippen molar-refractivity contribution >= 4 is 5.91 Å². The SMILES string of the molecule is O=C(N1CCN(Cc2cc(F)cc(F)c2)CC1)C1(Cc2ccccc2)CNC1. The molecule has 2 aromatic carbocycles. The minimum Gasteiger partial charge on any atom is -0.340 e. The summed E-state index contributed by atoms with van der Waals surface area (Å²) in [5.41, 5.74) is 1.46. The molecule has 2 aromatic rings. The molecule has 4 rings (SSSR count). The maximum absolute atomic E-state index is 13.4. The zero-order valence-corrected chi connectivity index (χ0v) is 15.8. The van der Waals surface area contributed by atoms with Gasteiger partial charge in [0.15, 0.2) is 0 Å². The van der Waals surface area contributed by atoms with Crippen molar-refractivity contribution in [2.75, 3.05) is 39.3 Å². The Labute approximate surface area is 164 Å². The fourth-order valence-corrected chi connectivity index (χ4v) is 4.17. The molecule has 2 saturated heterocycles. The molecule has 1 amide bonds. The number of amides is 1. The van der Waals surface area contributed by atoms with Crippen LogP contribution < -0.4 is 5.32 Å². The van der Waals surface area contributed by atoms with E-state index in [1.165, 1.54) is 17.7 Å². The van der Waals surface area contributed by atoms with Crippen LogP contribution in [0.15, 0.2) is 48.5 Å². The minimum atomic E-state index is -0.552. The zero-order chi connectivity index (χ0) is 19.6. The minimum absolute atomic E-state index is 0.214. The van der Waals surface area contributed by atoms with Gasteiger partial charge >= 0.3 is 0 Å². The summed E-state index contributed by atoms with van der Waals surface area (Å²) in [6, 6.07) is 13.8. The first-order valence-electron chi connectivity index (χ1n) is 9.75. The maximum atomic E-state index is 13.4. The highest BCUT2D eigenvalue weighted by molar-refractivity contribution is 5.85. The third-order valence-corrected chi connectivity index (χ3v) is 5.75. The lowest BCUT2D eigenvalue weighted by Crippen LogP contribution is -2.65. The van der Waals surface area contributed by atoms with Crippen molar-refractivity contribution in [3.05, 3.63) is 71.3 Å². The molecule has 28 heavy (non-hydrogen) atoms. The number of nitrogens with zero attached hydrogens (tertiary/aromatic N) is 2. The fraction of sp³-hybridized carbons (Fsp3) is 0.409. The molecule has 2 fully saturated rings. The van der Waals surface area contributed by atoms with E-state index in [0.717, 1.165) is 12.5 Å². The van der Waals surface area contributed by atoms with Crippen LogP contribution in [-0.4, -0.2) is 55.0 Å². The molecule has 0 atom stereocenters. The summed E-state index contributed by atoms with van der Waals surface area (Å²) in [4.78, 5) is 17.3. The smallest absolute Gasteiger partial charge is 0.231 e. The van der Waals surface area contributed by atoms with E-state index >= 15 is 0 Å². The van der Waals surface area contributed by atoms with Crippen LogP contribution in [0.25, 0.3) is 0 Å². The van der Waals surface area contributed by atoms with Gasteiger partial charge in [0.05, 0.1) is 5.41 Å². The normalized spacial score (nSPS) is 19.3. The van der Waals surface area contributed by atoms with Crippen molar-refractivity contribution in [2.24, 2.45) is 5.41 Å². The Morgan fingerprint density at radius 3 is 2.14 bits per heavy atom. The molecule has 2 heterocycles. The third kappa shape index (κ3) is 4.08. The van der Waals surface area contributed by atoms with Gasteiger partial charge in [-0.25, -0.2) is 8.78 Å². The average Bonchev–Trinajstić information content (AvgIpc) is 2.65. The predicted molar refractivity (Wildman–Crippen MR) is 104 cm³/mol. The van der Waals surface area contributed by atoms with Crippen LogP contribution in [0.1, 0.15) is 11.1 Å². The number of rotatable bonds is 5. The summed E-state index contributed by atoms with van der Waals surface area (Å²) in [7, 11) is 0. The van der Waals surface area contributed by atoms with Crippen LogP contribution >= 0.6 is 0 Å². The molecule has 0 aromatic heterocycles. The van der Waals surface area contributed by atoms with Gasteiger partial charge in [-0.3, -0.25) is 9.69 Å². The van der Waals surface area contributed by atoms with Crippen LogP contribution in [0.2, 0.25) is 0 Å². The van der Waals surface area contributed by atoms with Gasteiger partial charge < -0.3 is 10.2 Å². The van der Waals surface area contributed by atoms with Gasteiger partial charge in [-0.05, 0) is 29.7 Å². The third-order valence-electron chi connectivity index (χ3n) is 5.75. The lowest BCUT2D eigenvalue weighted by molar-refractivity contribution is -0.147. The van der Waals surface area contributed by atoms with E-state index in [0.29, 0.717) is 51.4 Å². The van der Waals surface area contributed by atoms with Crippen molar-refractivity contribution in [2.45, 2.75) is 13.0 Å². The lowest BCUT2D eigenvalue weighted by atomic mass is 9.75. The van der Waals surface area contributed by atoms with E-state index in [2.05, 4.69) is 22.3 Å². The number of hydrogen-bond acceptors (Lipinski definition) is 3. The van der Waals surface area contributed by atoms with Gasteiger partial charge in [0.1, 0.15) is 11.6 Å². The second-order valence-electron chi connectivity index (χ2n) is 7.89. The molecule has 0 aliphatic carbocycles. The monoisotopic (exact) mass is 385 g/mol. The molecule has 0 radical (unpaired) electrons. The number of nitrogens with one attached hydrogen (secondary N) is 1. The van der Waals surface area contributed by atoms with Gasteiger partial charge in [-0.2, -0.15) is 0 Å². The van der Waals surface area contributed by atoms with Gasteiger partial charge in [-0.1, -0.05) is 30.3 Å². The second-order valence-corrected chi connectivity index (χ2v) is 7.89. The van der Waals surface area contributed by atoms with E-state index in [1.807, 2.05) is 23.1 Å². The first-order chi connectivity index (χ1) is 13.5. The predicted octanol–water partition coefficient (Wildman–Crippen LogP) is 2.44. The largest absolute Gasteiger partial charge is 0.340 e. The number of carbonyl (C=O) groups excluding carboxylic acids is 1. The van der Waals surface area contributed by atoms with Gasteiger partial charge in [0.2, 0.25) is 5.91 Å². The molecular weight excluding hydrogens is 360 g/mol. The number of hydrogen-bond donors (Lipinski definition) is 1. The molecule has 6 heteroatoms. The summed E-state index contributed by atoms with van der Waals surface area (Å²) >= 11 is 0. The first kappa shape index (κ1) is 19.0. The zero-order valence-electron chi connectivity index (χ0n) is 15.8. The average molecular weight is 385 g/mol. The standard InChI is InChI=1S/C22H25F2N3O/c23-19-10-18(11-20(24)12-19)14-26-6-8-27(9-7-26)21(28)22(15-25-16-22)13-17-4-2-1-3-5-17/h1-5,10-12,25H,6-9,13-16H2. The topological polar surface area (TPSA) is 35.6 Å². The van der Waals surface area contributed by atoms with Crippen LogP contribution in [-0.2, 0) is 17.8 Å². The van der Waals surface area contributed by atoms with Crippen molar-refractivity contribution in [1.29, 1.82) is 0 Å². The highest BCUT2D eigenvalue weighted by atomic mass is 19.1. The van der Waals surface area contributed by atoms with E-state index in [9.17, 15) is 13.6 Å². The Morgan fingerprint density at radius 2 is 1.57 bits per heavy atom. The Morgan fingerprint density at radius 1 is 0.929 bits per heavy atom. The molecular formula is C22H25F2N3O. The van der Waals surface area contributed by atoms with Crippen LogP contribution in [0, 0.1) is 17.0 Å². The van der Waals surface area contributed by atoms with Crippen molar-refractivity contribution in [3.8, 4) is 0 Å². The van der Waals surface area contributed by atoms with Crippen molar-refractivity contribution in [3.63, 3.8) is 0 Å². The Balaban J connectivity index is 1.35. The van der Waals surface area contributed by atoms with Gasteiger partial charge in [0, 0.05) is 51.9 Å². The van der Waals surface area contributed by atoms with Gasteiger partial charge in [-0.15, -0.1) is 0 Å². The number of halogens is 2. The quantitative estimate of drug-likeness (QED) is 0.859. The van der Waals surface area contributed by atoms with E-state index < -0.39 is 11.6 Å². The molecule has 148 valence electrons. The van der Waals surface area contributed by atoms with E-state index in [4.69, 9.17) is 0 Å². The van der Waals surface area contributed by atoms with Gasteiger partial charge in [0.25, 0.3) is 0 Å². The summed E-state index contributed by atoms with van der Waals surface area (Å²) in [6.45, 7) is 4.62. The van der Waals surface area contributed by atoms with Crippen LogP contribution in [0.4, 0.5) is 8.78 Å². The molecule has 0 bridgehead atoms. The lowest BCUT2D eigenvalue weighted by Gasteiger charge is -2.46. The molecule has 0 saturated carbocycles. The number of carbonyl (C=O) groups is 1. The number of piperazine rings is 1. The molecule has 0 unspecified atom stereocenters. The summed E-state index contributed by atoms with van der Waals surface area (Å²) in [5.74, 6) is -0.889. The van der Waals surface area contributed by atoms with Crippen molar-refractivity contribution < 1.29 is 13.6 Å². The van der Waals surface area contributed by atoms with Crippen LogP contribution in [0.3, 0.4) is 0 Å². The van der Waals surface area contributed by atoms with E-state index in [1.54, 1.807) is 0 Å². The second kappa shape index (κ2) is 7.97. The summed E-state index contributed by atoms with van der Waals surface area (Å²) in [5, 5.41) is 3.27. The fourth-order valence-electron chi connectivity index (χ4n) is 4.17. The highest BCUT2D eigenvalue weighted by Gasteiger charge is 2.46. The highest BCUT2D eigenvalue weighted by Crippen LogP contribution is 2.31. The molecule has 0 spiro atoms. The molecule has 2 aliphatic heterocycles.